The molecule has 0 heterocycles. The molecule has 1 aromatic rings. The first-order valence-electron chi connectivity index (χ1n) is 5.69. The van der Waals surface area contributed by atoms with Gasteiger partial charge >= 0.3 is 0 Å². The van der Waals surface area contributed by atoms with Crippen molar-refractivity contribution in [3.8, 4) is 0 Å². The van der Waals surface area contributed by atoms with Gasteiger partial charge < -0.3 is 10.6 Å². The summed E-state index contributed by atoms with van der Waals surface area (Å²) >= 11 is 0. The molecule has 0 aromatic heterocycles. The highest BCUT2D eigenvalue weighted by Gasteiger charge is 2.16. The number of nitrogens with one attached hydrogen (secondary N) is 2. The molecule has 0 saturated carbocycles. The van der Waals surface area contributed by atoms with Crippen molar-refractivity contribution in [1.29, 1.82) is 0 Å². The number of carbonyl (C=O) groups is 1. The topological polar surface area (TPSA) is 75.3 Å². The predicted molar refractivity (Wildman–Crippen MR) is 77.2 cm³/mol. The number of hydrogen-bond donors (Lipinski definition) is 2. The van der Waals surface area contributed by atoms with Gasteiger partial charge in [0.15, 0.2) is 9.84 Å². The normalized spacial score (nSPS) is 12.4. The van der Waals surface area contributed by atoms with Crippen LogP contribution in [-0.4, -0.2) is 34.2 Å². The summed E-state index contributed by atoms with van der Waals surface area (Å²) < 4.78 is 36.2. The SMILES string of the molecule is CNCC(=O)NC(C)c1ccc(S(C)(=O)=O)c(F)c1.Cl. The minimum atomic E-state index is -3.58. The molecule has 0 fully saturated rings. The van der Waals surface area contributed by atoms with Crippen molar-refractivity contribution in [2.24, 2.45) is 0 Å². The molecule has 1 aromatic carbocycles. The molecule has 1 atom stereocenters. The Balaban J connectivity index is 0.00000361. The largest absolute Gasteiger partial charge is 0.348 e. The van der Waals surface area contributed by atoms with E-state index in [4.69, 9.17) is 0 Å². The standard InChI is InChI=1S/C12H17FN2O3S.ClH/c1-8(15-12(16)7-14-2)9-4-5-11(10(13)6-9)19(3,17)18;/h4-6,8,14H,7H2,1-3H3,(H,15,16);1H. The summed E-state index contributed by atoms with van der Waals surface area (Å²) in [6.45, 7) is 1.86. The lowest BCUT2D eigenvalue weighted by Crippen LogP contribution is -2.34. The van der Waals surface area contributed by atoms with Crippen molar-refractivity contribution in [3.05, 3.63) is 29.6 Å². The second kappa shape index (κ2) is 7.56. The summed E-state index contributed by atoms with van der Waals surface area (Å²) in [6, 6.07) is 3.43. The van der Waals surface area contributed by atoms with Crippen LogP contribution in [-0.2, 0) is 14.6 Å². The highest BCUT2D eigenvalue weighted by molar-refractivity contribution is 7.90. The van der Waals surface area contributed by atoms with Crippen LogP contribution in [0, 0.1) is 5.82 Å². The molecule has 0 aliphatic carbocycles. The van der Waals surface area contributed by atoms with Crippen molar-refractivity contribution in [2.45, 2.75) is 17.9 Å². The third-order valence-electron chi connectivity index (χ3n) is 2.57. The van der Waals surface area contributed by atoms with E-state index in [1.807, 2.05) is 0 Å². The lowest BCUT2D eigenvalue weighted by atomic mass is 10.1. The van der Waals surface area contributed by atoms with E-state index in [2.05, 4.69) is 10.6 Å². The Morgan fingerprint density at radius 2 is 2.00 bits per heavy atom. The number of carbonyl (C=O) groups excluding carboxylic acids is 1. The third kappa shape index (κ3) is 5.07. The number of benzene rings is 1. The van der Waals surface area contributed by atoms with Crippen LogP contribution in [0.4, 0.5) is 4.39 Å². The first kappa shape index (κ1) is 18.8. The molecule has 5 nitrogen and oxygen atoms in total. The molecular weight excluding hydrogens is 307 g/mol. The molecule has 0 aliphatic heterocycles. The Morgan fingerprint density at radius 3 is 2.45 bits per heavy atom. The summed E-state index contributed by atoms with van der Waals surface area (Å²) in [5.41, 5.74) is 0.509. The zero-order chi connectivity index (χ0) is 14.6. The third-order valence-corrected chi connectivity index (χ3v) is 3.70. The molecule has 0 bridgehead atoms. The Labute approximate surface area is 124 Å². The number of likely N-dealkylation sites (N-methyl/N-ethyl adjacent to an activating group) is 1. The maximum absolute atomic E-state index is 13.7. The molecule has 114 valence electrons. The Bertz CT molecular complexity index is 578. The van der Waals surface area contributed by atoms with Crippen LogP contribution in [0.15, 0.2) is 23.1 Å². The van der Waals surface area contributed by atoms with Gasteiger partial charge in [-0.2, -0.15) is 0 Å². The zero-order valence-electron chi connectivity index (χ0n) is 11.4. The van der Waals surface area contributed by atoms with Gasteiger partial charge in [0.2, 0.25) is 5.91 Å². The molecule has 0 spiro atoms. The minimum Gasteiger partial charge on any atom is -0.348 e. The van der Waals surface area contributed by atoms with Gasteiger partial charge in [-0.25, -0.2) is 12.8 Å². The van der Waals surface area contributed by atoms with Gasteiger partial charge in [0.25, 0.3) is 0 Å². The lowest BCUT2D eigenvalue weighted by Gasteiger charge is -2.15. The van der Waals surface area contributed by atoms with E-state index in [1.54, 1.807) is 14.0 Å². The number of halogens is 2. The van der Waals surface area contributed by atoms with E-state index in [1.165, 1.54) is 12.1 Å². The first-order valence-corrected chi connectivity index (χ1v) is 7.58. The van der Waals surface area contributed by atoms with Crippen LogP contribution in [0.5, 0.6) is 0 Å². The Hall–Kier alpha value is -1.18. The second-order valence-electron chi connectivity index (χ2n) is 4.28. The number of amides is 1. The molecular formula is C12H18ClFN2O3S. The van der Waals surface area contributed by atoms with Crippen LogP contribution in [0.1, 0.15) is 18.5 Å². The molecule has 0 radical (unpaired) electrons. The van der Waals surface area contributed by atoms with Crippen molar-refractivity contribution in [3.63, 3.8) is 0 Å². The van der Waals surface area contributed by atoms with E-state index in [-0.39, 0.29) is 29.8 Å². The quantitative estimate of drug-likeness (QED) is 0.849. The van der Waals surface area contributed by atoms with Crippen LogP contribution in [0.2, 0.25) is 0 Å². The average molecular weight is 325 g/mol. The summed E-state index contributed by atoms with van der Waals surface area (Å²) in [5, 5.41) is 5.36. The molecule has 1 amide bonds. The van der Waals surface area contributed by atoms with Gasteiger partial charge in [0.05, 0.1) is 12.6 Å². The van der Waals surface area contributed by atoms with E-state index >= 15 is 0 Å². The maximum atomic E-state index is 13.7. The average Bonchev–Trinajstić information content (AvgIpc) is 2.27. The van der Waals surface area contributed by atoms with E-state index in [0.717, 1.165) is 12.3 Å². The van der Waals surface area contributed by atoms with E-state index < -0.39 is 21.7 Å². The Morgan fingerprint density at radius 1 is 1.40 bits per heavy atom. The van der Waals surface area contributed by atoms with Crippen LogP contribution in [0.25, 0.3) is 0 Å². The molecule has 20 heavy (non-hydrogen) atoms. The smallest absolute Gasteiger partial charge is 0.234 e. The first-order chi connectivity index (χ1) is 8.75. The molecule has 0 aliphatic rings. The monoisotopic (exact) mass is 324 g/mol. The van der Waals surface area contributed by atoms with Crippen LogP contribution >= 0.6 is 12.4 Å². The second-order valence-corrected chi connectivity index (χ2v) is 6.27. The highest BCUT2D eigenvalue weighted by atomic mass is 35.5. The number of rotatable bonds is 5. The van der Waals surface area contributed by atoms with Gasteiger partial charge in [0.1, 0.15) is 10.7 Å². The minimum absolute atomic E-state index is 0. The maximum Gasteiger partial charge on any atom is 0.234 e. The molecule has 2 N–H and O–H groups in total. The van der Waals surface area contributed by atoms with Gasteiger partial charge in [0, 0.05) is 6.26 Å². The summed E-state index contributed by atoms with van der Waals surface area (Å²) in [4.78, 5) is 11.0. The van der Waals surface area contributed by atoms with Gasteiger partial charge in [-0.05, 0) is 31.7 Å². The fourth-order valence-electron chi connectivity index (χ4n) is 1.62. The van der Waals surface area contributed by atoms with Crippen molar-refractivity contribution in [2.75, 3.05) is 19.8 Å². The zero-order valence-corrected chi connectivity index (χ0v) is 13.1. The Kier molecular flexibility index (Phi) is 7.12. The van der Waals surface area contributed by atoms with Crippen LogP contribution < -0.4 is 10.6 Å². The summed E-state index contributed by atoms with van der Waals surface area (Å²) in [7, 11) is -1.94. The summed E-state index contributed by atoms with van der Waals surface area (Å²) in [6.07, 6.45) is 0.948. The van der Waals surface area contributed by atoms with E-state index in [0.29, 0.717) is 5.56 Å². The highest BCUT2D eigenvalue weighted by Crippen LogP contribution is 2.20. The molecule has 1 rings (SSSR count). The van der Waals surface area contributed by atoms with Gasteiger partial charge in [-0.1, -0.05) is 6.07 Å². The van der Waals surface area contributed by atoms with Gasteiger partial charge in [-0.3, -0.25) is 4.79 Å². The molecule has 8 heteroatoms. The van der Waals surface area contributed by atoms with Gasteiger partial charge in [-0.15, -0.1) is 12.4 Å². The molecule has 0 saturated heterocycles. The van der Waals surface area contributed by atoms with Crippen molar-refractivity contribution in [1.82, 2.24) is 10.6 Å². The predicted octanol–water partition coefficient (Wildman–Crippen LogP) is 1.05. The number of sulfone groups is 1. The molecule has 1 unspecified atom stereocenters. The van der Waals surface area contributed by atoms with Crippen LogP contribution in [0.3, 0.4) is 0 Å². The summed E-state index contributed by atoms with van der Waals surface area (Å²) in [5.74, 6) is -1.03. The van der Waals surface area contributed by atoms with Crippen molar-refractivity contribution < 1.29 is 17.6 Å². The number of hydrogen-bond acceptors (Lipinski definition) is 4. The van der Waals surface area contributed by atoms with Crippen molar-refractivity contribution >= 4 is 28.2 Å². The fraction of sp³-hybridized carbons (Fsp3) is 0.417. The van der Waals surface area contributed by atoms with E-state index in [9.17, 15) is 17.6 Å². The lowest BCUT2D eigenvalue weighted by molar-refractivity contribution is -0.120. The fourth-order valence-corrected chi connectivity index (χ4v) is 2.35.